The summed E-state index contributed by atoms with van der Waals surface area (Å²) in [7, 11) is 0. The van der Waals surface area contributed by atoms with E-state index in [1.165, 1.54) is 11.3 Å². The van der Waals surface area contributed by atoms with E-state index in [1.807, 2.05) is 30.5 Å². The van der Waals surface area contributed by atoms with Crippen molar-refractivity contribution in [3.8, 4) is 0 Å². The molecule has 3 rings (SSSR count). The number of aromatic nitrogens is 1. The second-order valence-corrected chi connectivity index (χ2v) is 6.31. The molecule has 0 amide bonds. The Morgan fingerprint density at radius 1 is 1.30 bits per heavy atom. The molecular weight excluding hydrogens is 292 g/mol. The van der Waals surface area contributed by atoms with Crippen LogP contribution in [0.15, 0.2) is 36.0 Å². The number of nitrogens with zero attached hydrogens (tertiary/aromatic N) is 1. The van der Waals surface area contributed by atoms with Gasteiger partial charge in [-0.1, -0.05) is 18.2 Å². The number of carboxylic acid groups (broad SMARTS) is 1. The molecule has 0 saturated carbocycles. The maximum Gasteiger partial charge on any atom is 0.346 e. The second kappa shape index (κ2) is 5.70. The monoisotopic (exact) mass is 304 g/mol. The van der Waals surface area contributed by atoms with Crippen LogP contribution in [0.3, 0.4) is 0 Å². The van der Waals surface area contributed by atoms with Crippen LogP contribution in [0.25, 0.3) is 10.1 Å². The third kappa shape index (κ3) is 2.58. The number of hydrogen-bond donors (Lipinski definition) is 2. The molecule has 0 spiro atoms. The third-order valence-corrected chi connectivity index (χ3v) is 4.96. The first kappa shape index (κ1) is 13.2. The Morgan fingerprint density at radius 3 is 2.90 bits per heavy atom. The fourth-order valence-corrected chi connectivity index (χ4v) is 3.71. The van der Waals surface area contributed by atoms with Gasteiger partial charge in [-0.2, -0.15) is 0 Å². The summed E-state index contributed by atoms with van der Waals surface area (Å²) in [6.45, 7) is 1.25. The van der Waals surface area contributed by atoms with Crippen LogP contribution in [0.1, 0.15) is 20.1 Å². The molecular formula is C14H12N2O2S2. The lowest BCUT2D eigenvalue weighted by Crippen LogP contribution is -2.13. The molecule has 0 saturated heterocycles. The van der Waals surface area contributed by atoms with Crippen molar-refractivity contribution in [3.63, 3.8) is 0 Å². The number of nitrogens with one attached hydrogen (secondary N) is 1. The number of rotatable bonds is 5. The van der Waals surface area contributed by atoms with Gasteiger partial charge in [0.05, 0.1) is 5.51 Å². The molecule has 0 fully saturated rings. The van der Waals surface area contributed by atoms with Crippen molar-refractivity contribution in [2.75, 3.05) is 0 Å². The summed E-state index contributed by atoms with van der Waals surface area (Å²) in [5.74, 6) is -0.860. The van der Waals surface area contributed by atoms with Crippen molar-refractivity contribution in [2.24, 2.45) is 0 Å². The topological polar surface area (TPSA) is 62.2 Å². The minimum Gasteiger partial charge on any atom is -0.477 e. The number of aromatic carboxylic acids is 1. The maximum absolute atomic E-state index is 11.4. The normalized spacial score (nSPS) is 11.0. The fraction of sp³-hybridized carbons (Fsp3) is 0.143. The zero-order chi connectivity index (χ0) is 13.9. The summed E-state index contributed by atoms with van der Waals surface area (Å²) in [5.41, 5.74) is 2.65. The third-order valence-electron chi connectivity index (χ3n) is 2.98. The van der Waals surface area contributed by atoms with Crippen LogP contribution in [-0.2, 0) is 13.1 Å². The Hall–Kier alpha value is -1.76. The van der Waals surface area contributed by atoms with Crippen molar-refractivity contribution >= 4 is 38.7 Å². The molecule has 0 radical (unpaired) electrons. The van der Waals surface area contributed by atoms with Gasteiger partial charge in [-0.05, 0) is 17.0 Å². The number of carbonyl (C=O) groups is 1. The molecule has 0 unspecified atom stereocenters. The van der Waals surface area contributed by atoms with E-state index in [4.69, 9.17) is 0 Å². The van der Waals surface area contributed by atoms with Crippen LogP contribution >= 0.6 is 22.7 Å². The van der Waals surface area contributed by atoms with Crippen LogP contribution in [0.5, 0.6) is 0 Å². The average molecular weight is 304 g/mol. The quantitative estimate of drug-likeness (QED) is 0.759. The van der Waals surface area contributed by atoms with Gasteiger partial charge < -0.3 is 10.4 Å². The number of carboxylic acids is 1. The van der Waals surface area contributed by atoms with E-state index in [0.717, 1.165) is 20.5 Å². The lowest BCUT2D eigenvalue weighted by Gasteiger charge is -2.04. The van der Waals surface area contributed by atoms with E-state index < -0.39 is 5.97 Å². The van der Waals surface area contributed by atoms with Gasteiger partial charge in [0, 0.05) is 28.9 Å². The minimum atomic E-state index is -0.860. The Morgan fingerprint density at radius 2 is 2.15 bits per heavy atom. The van der Waals surface area contributed by atoms with Crippen LogP contribution in [0.4, 0.5) is 0 Å². The molecule has 0 aliphatic carbocycles. The number of thiazole rings is 1. The van der Waals surface area contributed by atoms with E-state index in [-0.39, 0.29) is 0 Å². The van der Waals surface area contributed by atoms with Crippen LogP contribution in [0.2, 0.25) is 0 Å². The lowest BCUT2D eigenvalue weighted by molar-refractivity contribution is 0.0701. The van der Waals surface area contributed by atoms with Gasteiger partial charge in [-0.3, -0.25) is 4.98 Å². The molecule has 20 heavy (non-hydrogen) atoms. The number of fused-ring (bicyclic) bond motifs is 1. The molecule has 0 aliphatic rings. The average Bonchev–Trinajstić information content (AvgIpc) is 3.07. The van der Waals surface area contributed by atoms with Crippen LogP contribution in [-0.4, -0.2) is 16.1 Å². The number of benzene rings is 1. The molecule has 2 N–H and O–H groups in total. The van der Waals surface area contributed by atoms with Crippen molar-refractivity contribution in [1.82, 2.24) is 10.3 Å². The Labute approximate surface area is 123 Å². The standard InChI is InChI=1S/C14H12N2O2S2/c17-14(18)13-11(7-15-5-9-6-16-8-19-9)10-3-1-2-4-12(10)20-13/h1-4,6,8,15H,5,7H2,(H,17,18). The SMILES string of the molecule is O=C(O)c1sc2ccccc2c1CNCc1cncs1. The highest BCUT2D eigenvalue weighted by Gasteiger charge is 2.16. The highest BCUT2D eigenvalue weighted by molar-refractivity contribution is 7.21. The highest BCUT2D eigenvalue weighted by atomic mass is 32.1. The molecule has 2 aromatic heterocycles. The molecule has 0 bridgehead atoms. The van der Waals surface area contributed by atoms with Gasteiger partial charge in [0.25, 0.3) is 0 Å². The minimum absolute atomic E-state index is 0.419. The van der Waals surface area contributed by atoms with Gasteiger partial charge in [0.15, 0.2) is 0 Å². The van der Waals surface area contributed by atoms with Gasteiger partial charge in [-0.25, -0.2) is 4.79 Å². The molecule has 3 aromatic rings. The van der Waals surface area contributed by atoms with Crippen LogP contribution < -0.4 is 5.32 Å². The van der Waals surface area contributed by atoms with Gasteiger partial charge >= 0.3 is 5.97 Å². The fourth-order valence-electron chi connectivity index (χ4n) is 2.09. The first-order chi connectivity index (χ1) is 9.75. The predicted octanol–water partition coefficient (Wildman–Crippen LogP) is 3.35. The molecule has 4 nitrogen and oxygen atoms in total. The van der Waals surface area contributed by atoms with E-state index in [1.54, 1.807) is 16.8 Å². The summed E-state index contributed by atoms with van der Waals surface area (Å²) < 4.78 is 1.01. The van der Waals surface area contributed by atoms with Gasteiger partial charge in [-0.15, -0.1) is 22.7 Å². The summed E-state index contributed by atoms with van der Waals surface area (Å²) >= 11 is 2.92. The Kier molecular flexibility index (Phi) is 3.77. The van der Waals surface area contributed by atoms with Crippen molar-refractivity contribution in [3.05, 3.63) is 51.3 Å². The number of thiophene rings is 1. The summed E-state index contributed by atoms with van der Waals surface area (Å²) in [4.78, 5) is 16.9. The predicted molar refractivity (Wildman–Crippen MR) is 81.4 cm³/mol. The van der Waals surface area contributed by atoms with Gasteiger partial charge in [0.1, 0.15) is 4.88 Å². The zero-order valence-electron chi connectivity index (χ0n) is 10.5. The van der Waals surface area contributed by atoms with E-state index in [9.17, 15) is 9.90 Å². The first-order valence-corrected chi connectivity index (χ1v) is 7.77. The second-order valence-electron chi connectivity index (χ2n) is 4.28. The Balaban J connectivity index is 1.85. The van der Waals surface area contributed by atoms with Crippen LogP contribution in [0, 0.1) is 0 Å². The Bertz CT molecular complexity index is 735. The molecule has 6 heteroatoms. The zero-order valence-corrected chi connectivity index (χ0v) is 12.1. The summed E-state index contributed by atoms with van der Waals surface area (Å²) in [6, 6.07) is 7.80. The van der Waals surface area contributed by atoms with E-state index in [0.29, 0.717) is 18.0 Å². The molecule has 1 aromatic carbocycles. The largest absolute Gasteiger partial charge is 0.477 e. The van der Waals surface area contributed by atoms with Crippen molar-refractivity contribution in [2.45, 2.75) is 13.1 Å². The first-order valence-electron chi connectivity index (χ1n) is 6.07. The lowest BCUT2D eigenvalue weighted by atomic mass is 10.1. The summed E-state index contributed by atoms with van der Waals surface area (Å²) in [5, 5.41) is 13.6. The van der Waals surface area contributed by atoms with Gasteiger partial charge in [0.2, 0.25) is 0 Å². The maximum atomic E-state index is 11.4. The summed E-state index contributed by atoms with van der Waals surface area (Å²) in [6.07, 6.45) is 1.82. The van der Waals surface area contributed by atoms with Crippen molar-refractivity contribution < 1.29 is 9.90 Å². The smallest absolute Gasteiger partial charge is 0.346 e. The van der Waals surface area contributed by atoms with Crippen molar-refractivity contribution in [1.29, 1.82) is 0 Å². The molecule has 102 valence electrons. The number of hydrogen-bond acceptors (Lipinski definition) is 5. The van der Waals surface area contributed by atoms with E-state index in [2.05, 4.69) is 10.3 Å². The molecule has 2 heterocycles. The van der Waals surface area contributed by atoms with E-state index >= 15 is 0 Å². The highest BCUT2D eigenvalue weighted by Crippen LogP contribution is 2.31. The molecule has 0 aliphatic heterocycles. The molecule has 0 atom stereocenters.